The van der Waals surface area contributed by atoms with Crippen LogP contribution in [0, 0.1) is 23.3 Å². The van der Waals surface area contributed by atoms with Crippen LogP contribution in [0.15, 0.2) is 36.4 Å². The van der Waals surface area contributed by atoms with E-state index >= 15 is 0 Å². The number of Topliss-reactive ketones (excluding diaryl/α,β-unsaturated/α-hetero) is 2. The van der Waals surface area contributed by atoms with Crippen molar-refractivity contribution in [3.63, 3.8) is 0 Å². The Kier molecular flexibility index (Phi) is 7.90. The van der Waals surface area contributed by atoms with Crippen molar-refractivity contribution >= 4 is 17.7 Å². The molecule has 2 aromatic carbocycles. The number of ether oxygens (including phenoxy) is 2. The molecule has 1 N–H and O–H groups in total. The van der Waals surface area contributed by atoms with E-state index in [1.807, 2.05) is 0 Å². The number of ketones is 2. The van der Waals surface area contributed by atoms with Gasteiger partial charge in [-0.1, -0.05) is 30.3 Å². The van der Waals surface area contributed by atoms with E-state index in [1.165, 1.54) is 0 Å². The van der Waals surface area contributed by atoms with Crippen LogP contribution in [0.4, 0.5) is 22.4 Å². The van der Waals surface area contributed by atoms with E-state index < -0.39 is 65.7 Å². The monoisotopic (exact) mass is 427 g/mol. The van der Waals surface area contributed by atoms with Gasteiger partial charge in [0, 0.05) is 12.5 Å². The summed E-state index contributed by atoms with van der Waals surface area (Å²) < 4.78 is 63.2. The summed E-state index contributed by atoms with van der Waals surface area (Å²) in [5.41, 5.74) is 0.671. The third-order valence-corrected chi connectivity index (χ3v) is 3.82. The molecule has 0 heterocycles. The Morgan fingerprint density at radius 2 is 1.60 bits per heavy atom. The summed E-state index contributed by atoms with van der Waals surface area (Å²) in [7, 11) is 0. The van der Waals surface area contributed by atoms with Crippen LogP contribution in [0.2, 0.25) is 0 Å². The molecular formula is C20H17F4NO5. The number of hydrogen-bond acceptors (Lipinski definition) is 5. The zero-order valence-electron chi connectivity index (χ0n) is 15.7. The first kappa shape index (κ1) is 22.9. The lowest BCUT2D eigenvalue weighted by atomic mass is 10.1. The van der Waals surface area contributed by atoms with E-state index in [1.54, 1.807) is 30.3 Å². The van der Waals surface area contributed by atoms with Gasteiger partial charge >= 0.3 is 6.09 Å². The molecule has 0 fully saturated rings. The number of amides is 1. The van der Waals surface area contributed by atoms with E-state index in [2.05, 4.69) is 10.1 Å². The van der Waals surface area contributed by atoms with Crippen LogP contribution < -0.4 is 10.1 Å². The van der Waals surface area contributed by atoms with Crippen LogP contribution in [0.3, 0.4) is 0 Å². The molecule has 0 aromatic heterocycles. The average molecular weight is 427 g/mol. The molecule has 10 heteroatoms. The minimum absolute atomic E-state index is 0.0117. The van der Waals surface area contributed by atoms with Gasteiger partial charge in [0.15, 0.2) is 23.2 Å². The largest absolute Gasteiger partial charge is 0.479 e. The van der Waals surface area contributed by atoms with Gasteiger partial charge in [0.2, 0.25) is 11.6 Å². The minimum Gasteiger partial charge on any atom is -0.479 e. The van der Waals surface area contributed by atoms with Gasteiger partial charge in [-0.25, -0.2) is 13.6 Å². The van der Waals surface area contributed by atoms with Gasteiger partial charge in [0.05, 0.1) is 0 Å². The van der Waals surface area contributed by atoms with Gasteiger partial charge < -0.3 is 14.8 Å². The second-order valence-electron chi connectivity index (χ2n) is 6.22. The Hall–Kier alpha value is -3.43. The lowest BCUT2D eigenvalue weighted by Crippen LogP contribution is -2.44. The Labute approximate surface area is 168 Å². The van der Waals surface area contributed by atoms with Crippen molar-refractivity contribution in [2.45, 2.75) is 26.0 Å². The Balaban J connectivity index is 2.01. The summed E-state index contributed by atoms with van der Waals surface area (Å²) >= 11 is 0. The SMILES string of the molecule is CC(=O)C[C@H](NC(=O)OCc1ccccc1)C(=O)COc1c(F)c(F)cc(F)c1F. The lowest BCUT2D eigenvalue weighted by Gasteiger charge is -2.17. The molecule has 0 spiro atoms. The fraction of sp³-hybridized carbons (Fsp3) is 0.250. The van der Waals surface area contributed by atoms with Gasteiger partial charge in [0.1, 0.15) is 25.0 Å². The number of rotatable bonds is 9. The highest BCUT2D eigenvalue weighted by Gasteiger charge is 2.26. The van der Waals surface area contributed by atoms with Crippen molar-refractivity contribution in [3.05, 3.63) is 65.2 Å². The summed E-state index contributed by atoms with van der Waals surface area (Å²) in [6.07, 6.45) is -1.47. The second kappa shape index (κ2) is 10.4. The summed E-state index contributed by atoms with van der Waals surface area (Å²) in [4.78, 5) is 35.6. The first-order chi connectivity index (χ1) is 14.2. The van der Waals surface area contributed by atoms with Crippen LogP contribution >= 0.6 is 0 Å². The predicted molar refractivity (Wildman–Crippen MR) is 95.6 cm³/mol. The molecule has 0 aliphatic rings. The number of carbonyl (C=O) groups is 3. The molecular weight excluding hydrogens is 410 g/mol. The molecule has 2 aromatic rings. The number of halogens is 4. The van der Waals surface area contributed by atoms with Crippen molar-refractivity contribution in [3.8, 4) is 5.75 Å². The van der Waals surface area contributed by atoms with Gasteiger partial charge in [-0.3, -0.25) is 9.59 Å². The van der Waals surface area contributed by atoms with Crippen molar-refractivity contribution in [2.24, 2.45) is 0 Å². The molecule has 1 atom stereocenters. The molecule has 160 valence electrons. The molecule has 6 nitrogen and oxygen atoms in total. The normalized spacial score (nSPS) is 11.5. The van der Waals surface area contributed by atoms with E-state index in [0.29, 0.717) is 5.56 Å². The zero-order valence-corrected chi connectivity index (χ0v) is 15.7. The lowest BCUT2D eigenvalue weighted by molar-refractivity contribution is -0.126. The quantitative estimate of drug-likeness (QED) is 0.490. The van der Waals surface area contributed by atoms with Crippen molar-refractivity contribution in [2.75, 3.05) is 6.61 Å². The van der Waals surface area contributed by atoms with E-state index in [0.717, 1.165) is 6.92 Å². The van der Waals surface area contributed by atoms with E-state index in [9.17, 15) is 31.9 Å². The standard InChI is InChI=1S/C20H17F4NO5/c1-11(26)7-15(25-20(28)30-9-12-5-3-2-4-6-12)16(27)10-29-19-17(23)13(21)8-14(22)18(19)24/h2-6,8,15H,7,9-10H2,1H3,(H,25,28)/t15-/m0/s1. The van der Waals surface area contributed by atoms with Crippen LogP contribution in [0.5, 0.6) is 5.75 Å². The maximum absolute atomic E-state index is 13.6. The highest BCUT2D eigenvalue weighted by Crippen LogP contribution is 2.26. The maximum Gasteiger partial charge on any atom is 0.408 e. The van der Waals surface area contributed by atoms with Crippen LogP contribution in [0.25, 0.3) is 0 Å². The zero-order chi connectivity index (χ0) is 22.3. The molecule has 0 saturated heterocycles. The van der Waals surface area contributed by atoms with Crippen LogP contribution in [0.1, 0.15) is 18.9 Å². The van der Waals surface area contributed by atoms with Crippen LogP contribution in [-0.2, 0) is 20.9 Å². The number of benzene rings is 2. The predicted octanol–water partition coefficient (Wildman–Crippen LogP) is 3.47. The van der Waals surface area contributed by atoms with Crippen molar-refractivity contribution in [1.82, 2.24) is 5.32 Å². The number of carbonyl (C=O) groups excluding carboxylic acids is 3. The van der Waals surface area contributed by atoms with Gasteiger partial charge in [0.25, 0.3) is 0 Å². The van der Waals surface area contributed by atoms with Gasteiger partial charge in [-0.2, -0.15) is 8.78 Å². The first-order valence-electron chi connectivity index (χ1n) is 8.64. The molecule has 0 aliphatic heterocycles. The molecule has 0 saturated carbocycles. The van der Waals surface area contributed by atoms with Crippen molar-refractivity contribution in [1.29, 1.82) is 0 Å². The fourth-order valence-electron chi connectivity index (χ4n) is 2.36. The van der Waals surface area contributed by atoms with Gasteiger partial charge in [-0.05, 0) is 12.5 Å². The molecule has 0 radical (unpaired) electrons. The highest BCUT2D eigenvalue weighted by atomic mass is 19.2. The summed E-state index contributed by atoms with van der Waals surface area (Å²) in [5, 5.41) is 2.16. The number of nitrogens with one attached hydrogen (secondary N) is 1. The average Bonchev–Trinajstić information content (AvgIpc) is 2.70. The molecule has 30 heavy (non-hydrogen) atoms. The highest BCUT2D eigenvalue weighted by molar-refractivity contribution is 5.93. The van der Waals surface area contributed by atoms with E-state index in [4.69, 9.17) is 4.74 Å². The van der Waals surface area contributed by atoms with Crippen molar-refractivity contribution < 1.29 is 41.4 Å². The molecule has 2 rings (SSSR count). The summed E-state index contributed by atoms with van der Waals surface area (Å²) in [5.74, 6) is -9.93. The third-order valence-electron chi connectivity index (χ3n) is 3.82. The molecule has 1 amide bonds. The first-order valence-corrected chi connectivity index (χ1v) is 8.64. The molecule has 0 unspecified atom stereocenters. The molecule has 0 bridgehead atoms. The Bertz CT molecular complexity index is 910. The Morgan fingerprint density at radius 1 is 1.00 bits per heavy atom. The van der Waals surface area contributed by atoms with E-state index in [-0.39, 0.29) is 12.7 Å². The summed E-state index contributed by atoms with van der Waals surface area (Å²) in [6.45, 7) is -0.0177. The van der Waals surface area contributed by atoms with Crippen LogP contribution in [-0.4, -0.2) is 30.3 Å². The number of hydrogen-bond donors (Lipinski definition) is 1. The topological polar surface area (TPSA) is 81.7 Å². The van der Waals surface area contributed by atoms with Gasteiger partial charge in [-0.15, -0.1) is 0 Å². The summed E-state index contributed by atoms with van der Waals surface area (Å²) in [6, 6.07) is 7.16. The fourth-order valence-corrected chi connectivity index (χ4v) is 2.36. The number of alkyl carbamates (subject to hydrolysis) is 1. The minimum atomic E-state index is -1.82. The Morgan fingerprint density at radius 3 is 2.17 bits per heavy atom. The molecule has 0 aliphatic carbocycles. The second-order valence-corrected chi connectivity index (χ2v) is 6.22. The smallest absolute Gasteiger partial charge is 0.408 e. The maximum atomic E-state index is 13.6. The third kappa shape index (κ3) is 6.29.